The molecule has 13 aromatic rings. The van der Waals surface area contributed by atoms with Crippen LogP contribution in [0.4, 0.5) is 51.2 Å². The minimum Gasteiger partial charge on any atom is -0.396 e. The second-order valence-electron chi connectivity index (χ2n) is 32.5. The maximum Gasteiger partial charge on any atom is 0.311 e. The molecule has 6 aliphatic heterocycles. The van der Waals surface area contributed by atoms with E-state index in [1.165, 1.54) is 59.5 Å². The third-order valence-corrected chi connectivity index (χ3v) is 28.7. The first-order valence-corrected chi connectivity index (χ1v) is 49.5. The van der Waals surface area contributed by atoms with Gasteiger partial charge in [-0.3, -0.25) is 50.1 Å². The zero-order valence-electron chi connectivity index (χ0n) is 74.8. The smallest absolute Gasteiger partial charge is 0.311 e. The maximum atomic E-state index is 11.2. The van der Waals surface area contributed by atoms with E-state index >= 15 is 0 Å². The number of nitriles is 6. The Balaban J connectivity index is 0.000000154. The molecule has 14 N–H and O–H groups in total. The largest absolute Gasteiger partial charge is 0.396 e. The standard InChI is InChI=1S/C17H18N4O2S.2C14H14N4O3S.2C14H16N4OS.C7H3ClN2O2S.C7H12N2O.C3H7NO2.ClH/c1-10(22)17-20-14-8-19-13-5-7-24-16(13)15(14)21(17)11-2-3-12(4-6-18)23-9-11;2*15-5-3-10-2-1-9(8-21-10)17-13-12(18(19)20)7-16-11-4-6-22-14(11)13;2*15-5-3-10-2-1-9(8-19-10)18-13-11(16)7-17-12-4-6-20-14(12)13;8-6-5(10(11)12)3-9-4-1-2-13-7(4)6;8-4-3-7-2-1-6(9)5-10-7;1-2(5)3(4)6;/h5,7-8,10-12,22H,2-4,9H2,1H3;2*4,6-7,9-10H,1-3,8H2,(H,16,17);2*4,6-7,9-10H,1-3,8,16H2,(H,17,18);1-3H;6-7H,1-3,5,9H2;2,5H,1H3,(H2,4,6);1H/t10-,11+,12-;9-,10+;9-,10-;9-,10+;9-,10-;;6-,7?;2-;/m10000.01./s1. The number of halogens is 2. The zero-order valence-corrected chi connectivity index (χ0v) is 81.3. The van der Waals surface area contributed by atoms with Crippen LogP contribution in [-0.2, 0) is 33.2 Å². The number of nitro groups is 3. The average Bonchev–Trinajstić information content (AvgIpc) is 1.59. The third-order valence-electron chi connectivity index (χ3n) is 22.7. The Morgan fingerprint density at radius 1 is 0.442 bits per heavy atom. The molecule has 0 saturated carbocycles. The molecule has 0 aliphatic carbocycles. The molecule has 0 radical (unpaired) electrons. The number of anilines is 6. The summed E-state index contributed by atoms with van der Waals surface area (Å²) in [6, 6.07) is 25.0. The molecule has 0 spiro atoms. The molecule has 19 rings (SSSR count). The molecule has 0 bridgehead atoms. The van der Waals surface area contributed by atoms with Crippen molar-refractivity contribution in [2.75, 3.05) is 72.4 Å². The van der Waals surface area contributed by atoms with Crippen molar-refractivity contribution >= 4 is 221 Å². The Labute approximate surface area is 826 Å². The maximum absolute atomic E-state index is 11.2. The van der Waals surface area contributed by atoms with Crippen molar-refractivity contribution in [2.45, 2.75) is 215 Å². The van der Waals surface area contributed by atoms with Crippen molar-refractivity contribution < 1.29 is 58.2 Å². The Bertz CT molecular complexity index is 6290. The van der Waals surface area contributed by atoms with Crippen LogP contribution in [0, 0.1) is 98.3 Å². The lowest BCUT2D eigenvalue weighted by atomic mass is 10.0. The number of aliphatic hydroxyl groups is 2. The number of rotatable bonds is 20. The Hall–Kier alpha value is -12.2. The molecule has 48 heteroatoms. The highest BCUT2D eigenvalue weighted by atomic mass is 35.5. The SMILES string of the molecule is C[C@@H](O)C(N)=O.C[C@@H](O)c1nc2cnc3ccsc3c2n1[C@H]1CC[C@H](CC#N)OC1.Cl.N#CCC1CC[C@H](N)CO1.N#CC[C@@H]1CC[C@H](Nc2c(N)cnc3ccsc23)CO1.N#CC[C@@H]1CC[C@H](Nc2c([N+](=O)[O-])cnc3ccsc23)CO1.N#CC[C@H]1CC[C@H](Nc2c(N)cnc3ccsc23)CO1.N#CC[C@H]1CC[C@H](Nc2c([N+](=O)[O-])cnc3ccsc23)CO1.O=[N+]([O-])c1cnc2ccsc2c1Cl. The van der Waals surface area contributed by atoms with Gasteiger partial charge >= 0.3 is 17.1 Å². The number of hydrogen-bond acceptors (Lipinski definition) is 41. The van der Waals surface area contributed by atoms with Crippen molar-refractivity contribution in [3.63, 3.8) is 0 Å². The summed E-state index contributed by atoms with van der Waals surface area (Å²) in [5, 5.41) is 128. The van der Waals surface area contributed by atoms with E-state index < -0.39 is 32.9 Å². The molecule has 726 valence electrons. The van der Waals surface area contributed by atoms with Crippen LogP contribution in [0.25, 0.3) is 72.3 Å². The molecule has 13 aromatic heterocycles. The summed E-state index contributed by atoms with van der Waals surface area (Å²) >= 11 is 14.9. The lowest BCUT2D eigenvalue weighted by molar-refractivity contribution is -0.384. The molecule has 6 aliphatic rings. The van der Waals surface area contributed by atoms with Crippen LogP contribution in [0.1, 0.15) is 147 Å². The van der Waals surface area contributed by atoms with Crippen LogP contribution in [0.3, 0.4) is 0 Å². The van der Waals surface area contributed by atoms with Crippen LogP contribution in [-0.4, -0.2) is 183 Å². The highest BCUT2D eigenvalue weighted by Crippen LogP contribution is 2.43. The fourth-order valence-corrected chi connectivity index (χ4v) is 21.0. The minimum atomic E-state index is -1.01. The third kappa shape index (κ3) is 28.5. The molecule has 0 aromatic carbocycles. The number of fused-ring (bicyclic) bond motifs is 8. The summed E-state index contributed by atoms with van der Waals surface area (Å²) in [5.41, 5.74) is 33.2. The summed E-state index contributed by atoms with van der Waals surface area (Å²) in [4.78, 5) is 71.1. The van der Waals surface area contributed by atoms with E-state index in [1.54, 1.807) is 71.0 Å². The van der Waals surface area contributed by atoms with Crippen molar-refractivity contribution in [1.82, 2.24) is 39.5 Å². The zero-order chi connectivity index (χ0) is 97.6. The van der Waals surface area contributed by atoms with Crippen molar-refractivity contribution in [3.05, 3.63) is 147 Å². The summed E-state index contributed by atoms with van der Waals surface area (Å²) in [5.74, 6) is -0.0324. The number of aromatic nitrogens is 8. The van der Waals surface area contributed by atoms with E-state index in [0.29, 0.717) is 117 Å². The first-order valence-electron chi connectivity index (χ1n) is 43.8. The monoisotopic (exact) mass is 2030 g/mol. The number of thiophene rings is 6. The van der Waals surface area contributed by atoms with E-state index in [1.807, 2.05) is 57.2 Å². The Morgan fingerprint density at radius 3 is 1.04 bits per heavy atom. The van der Waals surface area contributed by atoms with Crippen LogP contribution >= 0.6 is 92.0 Å². The topological polar surface area (TPSA) is 632 Å². The van der Waals surface area contributed by atoms with Crippen LogP contribution in [0.2, 0.25) is 5.02 Å². The first kappa shape index (κ1) is 106. The van der Waals surface area contributed by atoms with E-state index in [-0.39, 0.29) is 107 Å². The fraction of sp³-hybridized carbons (Fsp3) is 0.444. The number of nitrogen functional groups attached to an aromatic ring is 2. The van der Waals surface area contributed by atoms with Crippen LogP contribution < -0.4 is 44.2 Å². The average molecular weight is 2040 g/mol. The predicted octanol–water partition coefficient (Wildman–Crippen LogP) is 17.5. The molecule has 138 heavy (non-hydrogen) atoms. The van der Waals surface area contributed by atoms with Gasteiger partial charge in [-0.25, -0.2) is 19.9 Å². The van der Waals surface area contributed by atoms with Gasteiger partial charge in [-0.15, -0.1) is 80.4 Å². The van der Waals surface area contributed by atoms with Crippen molar-refractivity contribution in [1.29, 1.82) is 31.6 Å². The molecule has 14 atom stereocenters. The number of pyridine rings is 6. The molecule has 19 heterocycles. The van der Waals surface area contributed by atoms with Crippen molar-refractivity contribution in [3.8, 4) is 36.4 Å². The molecule has 6 saturated heterocycles. The number of primary amides is 1. The second-order valence-corrected chi connectivity index (χ2v) is 38.4. The van der Waals surface area contributed by atoms with Gasteiger partial charge in [0.1, 0.15) is 58.5 Å². The van der Waals surface area contributed by atoms with Gasteiger partial charge in [-0.1, -0.05) is 11.6 Å². The van der Waals surface area contributed by atoms with Gasteiger partial charge in [-0.05, 0) is 160 Å². The highest BCUT2D eigenvalue weighted by Gasteiger charge is 2.33. The number of carbonyl (C=O) groups is 1. The fourth-order valence-electron chi connectivity index (χ4n) is 15.6. The number of nitrogens with two attached hydrogens (primary N) is 4. The minimum absolute atomic E-state index is 0. The van der Waals surface area contributed by atoms with Gasteiger partial charge in [0, 0.05) is 30.2 Å². The Kier molecular flexibility index (Phi) is 40.4. The summed E-state index contributed by atoms with van der Waals surface area (Å²) in [7, 11) is 0. The van der Waals surface area contributed by atoms with Crippen LogP contribution in [0.15, 0.2) is 106 Å². The van der Waals surface area contributed by atoms with E-state index in [4.69, 9.17) is 93.9 Å². The van der Waals surface area contributed by atoms with Gasteiger partial charge in [0.25, 0.3) is 0 Å². The molecule has 40 nitrogen and oxygen atoms in total. The normalized spacial score (nSPS) is 21.3. The number of nitrogens with one attached hydrogen (secondary N) is 4. The number of amides is 1. The van der Waals surface area contributed by atoms with Gasteiger partial charge in [-0.2, -0.15) is 31.6 Å². The number of nitrogens with zero attached hydrogens (tertiary/aromatic N) is 17. The van der Waals surface area contributed by atoms with Gasteiger partial charge in [0.15, 0.2) is 0 Å². The van der Waals surface area contributed by atoms with Crippen LogP contribution in [0.5, 0.6) is 0 Å². The van der Waals surface area contributed by atoms with E-state index in [0.717, 1.165) is 151 Å². The second kappa shape index (κ2) is 52.5. The molecule has 1 unspecified atom stereocenters. The lowest BCUT2D eigenvalue weighted by Crippen LogP contribution is -2.35. The number of aliphatic hydroxyl groups excluding tert-OH is 2. The van der Waals surface area contributed by atoms with Gasteiger partial charge < -0.3 is 87.4 Å². The van der Waals surface area contributed by atoms with E-state index in [2.05, 4.69) is 103 Å². The molecule has 1 amide bonds. The summed E-state index contributed by atoms with van der Waals surface area (Å²) < 4.78 is 41.4. The first-order chi connectivity index (χ1) is 66.3. The van der Waals surface area contributed by atoms with Gasteiger partial charge in [0.2, 0.25) is 5.91 Å². The van der Waals surface area contributed by atoms with E-state index in [9.17, 15) is 40.2 Å². The summed E-state index contributed by atoms with van der Waals surface area (Å²) in [6.07, 6.45) is 20.8. The number of hydrogen-bond donors (Lipinski definition) is 10. The molecular weight excluding hydrogens is 1930 g/mol. The Morgan fingerprint density at radius 2 is 0.732 bits per heavy atom. The molecule has 6 fully saturated rings. The number of carbonyl (C=O) groups excluding carboxylic acids is 1. The predicted molar refractivity (Wildman–Crippen MR) is 535 cm³/mol. The quantitative estimate of drug-likeness (QED) is 0.0250. The van der Waals surface area contributed by atoms with Crippen molar-refractivity contribution in [2.24, 2.45) is 11.5 Å². The van der Waals surface area contributed by atoms with Gasteiger partial charge in [0.05, 0.1) is 280 Å². The number of ether oxygens (including phenoxy) is 6. The lowest BCUT2D eigenvalue weighted by Gasteiger charge is -2.30. The highest BCUT2D eigenvalue weighted by molar-refractivity contribution is 7.19. The molecular formula is C90H101Cl2N25O15S6. The number of imidazole rings is 1. The summed E-state index contributed by atoms with van der Waals surface area (Å²) in [6.45, 7) is 6.32.